The Balaban J connectivity index is 1.63. The zero-order valence-corrected chi connectivity index (χ0v) is 17.1. The van der Waals surface area contributed by atoms with Crippen LogP contribution in [-0.4, -0.2) is 46.3 Å². The third kappa shape index (κ3) is 5.46. The lowest BCUT2D eigenvalue weighted by Crippen LogP contribution is -2.32. The van der Waals surface area contributed by atoms with E-state index in [1.807, 2.05) is 6.07 Å². The SMILES string of the molecule is COc1ccc(CC(CO)CNC(=O)c2ccnc(-c3ccc(Cl)cc3)n2)cc1O. The summed E-state index contributed by atoms with van der Waals surface area (Å²) in [6, 6.07) is 13.6. The van der Waals surface area contributed by atoms with Gasteiger partial charge in [0, 0.05) is 35.9 Å². The number of hydrogen-bond acceptors (Lipinski definition) is 6. The van der Waals surface area contributed by atoms with Crippen LogP contribution in [-0.2, 0) is 6.42 Å². The van der Waals surface area contributed by atoms with Gasteiger partial charge in [-0.15, -0.1) is 0 Å². The molecule has 8 heteroatoms. The van der Waals surface area contributed by atoms with Gasteiger partial charge in [0.2, 0.25) is 0 Å². The molecule has 1 aromatic heterocycles. The quantitative estimate of drug-likeness (QED) is 0.510. The Morgan fingerprint density at radius 1 is 1.20 bits per heavy atom. The smallest absolute Gasteiger partial charge is 0.270 e. The maximum absolute atomic E-state index is 12.5. The van der Waals surface area contributed by atoms with E-state index in [1.54, 1.807) is 36.4 Å². The molecule has 2 aromatic carbocycles. The van der Waals surface area contributed by atoms with E-state index in [9.17, 15) is 15.0 Å². The first-order chi connectivity index (χ1) is 14.5. The van der Waals surface area contributed by atoms with Gasteiger partial charge in [0.05, 0.1) is 7.11 Å². The van der Waals surface area contributed by atoms with Crippen LogP contribution in [0.15, 0.2) is 54.7 Å². The Morgan fingerprint density at radius 2 is 1.97 bits per heavy atom. The molecule has 3 N–H and O–H groups in total. The minimum absolute atomic E-state index is 0.0337. The molecule has 30 heavy (non-hydrogen) atoms. The molecule has 0 aliphatic heterocycles. The molecule has 0 bridgehead atoms. The number of phenols is 1. The second kappa shape index (κ2) is 10.0. The van der Waals surface area contributed by atoms with Gasteiger partial charge in [0.15, 0.2) is 17.3 Å². The number of nitrogens with one attached hydrogen (secondary N) is 1. The maximum atomic E-state index is 12.5. The van der Waals surface area contributed by atoms with Crippen molar-refractivity contribution >= 4 is 17.5 Å². The summed E-state index contributed by atoms with van der Waals surface area (Å²) in [5, 5.41) is 23.0. The zero-order valence-electron chi connectivity index (χ0n) is 16.4. The van der Waals surface area contributed by atoms with Crippen molar-refractivity contribution in [1.82, 2.24) is 15.3 Å². The minimum atomic E-state index is -0.358. The summed E-state index contributed by atoms with van der Waals surface area (Å²) < 4.78 is 5.03. The summed E-state index contributed by atoms with van der Waals surface area (Å²) in [6.45, 7) is 0.134. The fourth-order valence-electron chi connectivity index (χ4n) is 2.95. The summed E-state index contributed by atoms with van der Waals surface area (Å²) in [5.74, 6) is 0.258. The van der Waals surface area contributed by atoms with Gasteiger partial charge in [-0.25, -0.2) is 9.97 Å². The number of ether oxygens (including phenoxy) is 1. The van der Waals surface area contributed by atoms with Gasteiger partial charge in [-0.3, -0.25) is 4.79 Å². The predicted molar refractivity (Wildman–Crippen MR) is 114 cm³/mol. The Kier molecular flexibility index (Phi) is 7.21. The first-order valence-electron chi connectivity index (χ1n) is 9.34. The van der Waals surface area contributed by atoms with E-state index in [0.717, 1.165) is 11.1 Å². The molecule has 0 spiro atoms. The number of amides is 1. The average molecular weight is 428 g/mol. The average Bonchev–Trinajstić information content (AvgIpc) is 2.77. The molecule has 0 radical (unpaired) electrons. The number of aromatic nitrogens is 2. The standard InChI is InChI=1S/C22H22ClN3O4/c1-30-20-7-2-14(11-19(20)28)10-15(13-27)12-25-22(29)18-8-9-24-21(26-18)16-3-5-17(23)6-4-16/h2-9,11,15,27-28H,10,12-13H2,1H3,(H,25,29). The van der Waals surface area contributed by atoms with Crippen molar-refractivity contribution in [3.05, 3.63) is 71.0 Å². The van der Waals surface area contributed by atoms with Crippen molar-refractivity contribution in [1.29, 1.82) is 0 Å². The Hall–Kier alpha value is -3.16. The molecule has 3 aromatic rings. The molecule has 1 unspecified atom stereocenters. The number of phenolic OH excluding ortho intramolecular Hbond substituents is 1. The fourth-order valence-corrected chi connectivity index (χ4v) is 3.07. The highest BCUT2D eigenvalue weighted by Crippen LogP contribution is 2.27. The van der Waals surface area contributed by atoms with Crippen molar-refractivity contribution in [2.45, 2.75) is 6.42 Å². The molecular weight excluding hydrogens is 406 g/mol. The lowest BCUT2D eigenvalue weighted by atomic mass is 9.99. The van der Waals surface area contributed by atoms with Crippen molar-refractivity contribution in [3.63, 3.8) is 0 Å². The first kappa shape index (κ1) is 21.5. The Labute approximate surface area is 179 Å². The maximum Gasteiger partial charge on any atom is 0.270 e. The topological polar surface area (TPSA) is 105 Å². The lowest BCUT2D eigenvalue weighted by molar-refractivity contribution is 0.0935. The van der Waals surface area contributed by atoms with Crippen LogP contribution in [0.2, 0.25) is 5.02 Å². The van der Waals surface area contributed by atoms with Crippen molar-refractivity contribution in [2.75, 3.05) is 20.3 Å². The fraction of sp³-hybridized carbons (Fsp3) is 0.227. The number of rotatable bonds is 8. The van der Waals surface area contributed by atoms with E-state index < -0.39 is 0 Å². The summed E-state index contributed by atoms with van der Waals surface area (Å²) in [7, 11) is 1.48. The molecule has 7 nitrogen and oxygen atoms in total. The third-order valence-corrected chi connectivity index (χ3v) is 4.82. The van der Waals surface area contributed by atoms with Crippen LogP contribution in [0.25, 0.3) is 11.4 Å². The lowest BCUT2D eigenvalue weighted by Gasteiger charge is -2.16. The summed E-state index contributed by atoms with van der Waals surface area (Å²) in [4.78, 5) is 21.1. The second-order valence-electron chi connectivity index (χ2n) is 6.74. The van der Waals surface area contributed by atoms with E-state index in [0.29, 0.717) is 23.0 Å². The molecule has 0 saturated carbocycles. The van der Waals surface area contributed by atoms with Crippen LogP contribution < -0.4 is 10.1 Å². The summed E-state index contributed by atoms with van der Waals surface area (Å²) >= 11 is 5.90. The van der Waals surface area contributed by atoms with Crippen molar-refractivity contribution < 1.29 is 19.7 Å². The van der Waals surface area contributed by atoms with E-state index >= 15 is 0 Å². The molecule has 156 valence electrons. The highest BCUT2D eigenvalue weighted by atomic mass is 35.5. The van der Waals surface area contributed by atoms with Gasteiger partial charge in [0.1, 0.15) is 5.69 Å². The van der Waals surface area contributed by atoms with Crippen LogP contribution in [0.4, 0.5) is 0 Å². The van der Waals surface area contributed by atoms with Gasteiger partial charge in [-0.1, -0.05) is 17.7 Å². The molecule has 3 rings (SSSR count). The number of carbonyl (C=O) groups is 1. The third-order valence-electron chi connectivity index (χ3n) is 4.57. The van der Waals surface area contributed by atoms with Crippen LogP contribution in [0, 0.1) is 5.92 Å². The molecule has 0 aliphatic carbocycles. The second-order valence-corrected chi connectivity index (χ2v) is 7.18. The van der Waals surface area contributed by atoms with Crippen molar-refractivity contribution in [2.24, 2.45) is 5.92 Å². The van der Waals surface area contributed by atoms with Gasteiger partial charge in [-0.2, -0.15) is 0 Å². The number of halogens is 1. The Morgan fingerprint density at radius 3 is 2.63 bits per heavy atom. The van der Waals surface area contributed by atoms with Crippen molar-refractivity contribution in [3.8, 4) is 22.9 Å². The molecule has 0 saturated heterocycles. The Bertz CT molecular complexity index is 1010. The van der Waals surface area contributed by atoms with Crippen LogP contribution >= 0.6 is 11.6 Å². The highest BCUT2D eigenvalue weighted by Gasteiger charge is 2.15. The minimum Gasteiger partial charge on any atom is -0.504 e. The number of carbonyl (C=O) groups excluding carboxylic acids is 1. The van der Waals surface area contributed by atoms with Gasteiger partial charge < -0.3 is 20.3 Å². The molecular formula is C22H22ClN3O4. The summed E-state index contributed by atoms with van der Waals surface area (Å²) in [5.41, 5.74) is 1.81. The molecule has 1 amide bonds. The van der Waals surface area contributed by atoms with Crippen LogP contribution in [0.3, 0.4) is 0 Å². The number of aliphatic hydroxyl groups excluding tert-OH is 1. The van der Waals surface area contributed by atoms with E-state index in [2.05, 4.69) is 15.3 Å². The van der Waals surface area contributed by atoms with E-state index in [1.165, 1.54) is 19.4 Å². The normalized spacial score (nSPS) is 11.7. The molecule has 1 heterocycles. The number of hydrogen-bond donors (Lipinski definition) is 3. The van der Waals surface area contributed by atoms with Crippen LogP contribution in [0.1, 0.15) is 16.1 Å². The predicted octanol–water partition coefficient (Wildman–Crippen LogP) is 3.09. The number of nitrogens with zero attached hydrogens (tertiary/aromatic N) is 2. The van der Waals surface area contributed by atoms with E-state index in [-0.39, 0.29) is 36.4 Å². The number of aromatic hydroxyl groups is 1. The zero-order chi connectivity index (χ0) is 21.5. The summed E-state index contributed by atoms with van der Waals surface area (Å²) in [6.07, 6.45) is 2.00. The number of methoxy groups -OCH3 is 1. The number of aliphatic hydroxyl groups is 1. The monoisotopic (exact) mass is 427 g/mol. The largest absolute Gasteiger partial charge is 0.504 e. The first-order valence-corrected chi connectivity index (χ1v) is 9.72. The highest BCUT2D eigenvalue weighted by molar-refractivity contribution is 6.30. The number of benzene rings is 2. The van der Waals surface area contributed by atoms with Gasteiger partial charge in [-0.05, 0) is 54.4 Å². The van der Waals surface area contributed by atoms with Gasteiger partial charge in [0.25, 0.3) is 5.91 Å². The van der Waals surface area contributed by atoms with E-state index in [4.69, 9.17) is 16.3 Å². The molecule has 0 aliphatic rings. The van der Waals surface area contributed by atoms with Gasteiger partial charge >= 0.3 is 0 Å². The molecule has 0 fully saturated rings. The molecule has 1 atom stereocenters. The van der Waals surface area contributed by atoms with Crippen LogP contribution in [0.5, 0.6) is 11.5 Å².